The van der Waals surface area contributed by atoms with E-state index in [1.54, 1.807) is 9.42 Å². The molecule has 25 heavy (non-hydrogen) atoms. The average molecular weight is 341 g/mol. The fourth-order valence-corrected chi connectivity index (χ4v) is 2.89. The van der Waals surface area contributed by atoms with Gasteiger partial charge < -0.3 is 9.64 Å². The minimum absolute atomic E-state index is 0.0356. The lowest BCUT2D eigenvalue weighted by atomic mass is 10.0. The number of nitrogens with zero attached hydrogens (tertiary/aromatic N) is 5. The van der Waals surface area contributed by atoms with Crippen LogP contribution in [0.1, 0.15) is 51.3 Å². The zero-order valence-corrected chi connectivity index (χ0v) is 14.7. The van der Waals surface area contributed by atoms with Gasteiger partial charge >= 0.3 is 0 Å². The predicted octanol–water partition coefficient (Wildman–Crippen LogP) is 2.53. The smallest absolute Gasteiger partial charge is 0.237 e. The molecule has 2 aromatic rings. The van der Waals surface area contributed by atoms with Gasteiger partial charge in [0.25, 0.3) is 0 Å². The van der Waals surface area contributed by atoms with Crippen molar-refractivity contribution in [2.45, 2.75) is 51.6 Å². The summed E-state index contributed by atoms with van der Waals surface area (Å²) >= 11 is 0. The molecule has 1 amide bonds. The molecule has 2 aromatic heterocycles. The predicted molar refractivity (Wildman–Crippen MR) is 92.2 cm³/mol. The minimum atomic E-state index is -0.139. The number of unbranched alkanes of at least 4 members (excludes halogenated alkanes) is 1. The van der Waals surface area contributed by atoms with Crippen LogP contribution in [-0.4, -0.2) is 44.6 Å². The van der Waals surface area contributed by atoms with Crippen LogP contribution in [0.15, 0.2) is 18.3 Å². The highest BCUT2D eigenvalue weighted by atomic mass is 16.5. The molecule has 0 bridgehead atoms. The normalized spacial score (nSPS) is 15.6. The third-order valence-electron chi connectivity index (χ3n) is 4.49. The standard InChI is InChI=1S/C18H23N5O2/c1-3-4-5-13(2)18-20-16-7-6-14(12-23(16)21-18)25-15-10-22(11-15)17(24)8-9-19/h6-7,12-13,15H,3-5,8,10-11H2,1-2H3. The molecule has 1 saturated heterocycles. The van der Waals surface area contributed by atoms with E-state index in [0.29, 0.717) is 24.8 Å². The Balaban J connectivity index is 1.60. The number of pyridine rings is 1. The minimum Gasteiger partial charge on any atom is -0.485 e. The van der Waals surface area contributed by atoms with E-state index in [-0.39, 0.29) is 18.4 Å². The Morgan fingerprint density at radius 2 is 2.28 bits per heavy atom. The summed E-state index contributed by atoms with van der Waals surface area (Å²) in [5, 5.41) is 13.1. The van der Waals surface area contributed by atoms with E-state index in [4.69, 9.17) is 10.00 Å². The molecule has 1 fully saturated rings. The van der Waals surface area contributed by atoms with Gasteiger partial charge in [-0.15, -0.1) is 0 Å². The number of rotatable bonds is 7. The number of hydrogen-bond donors (Lipinski definition) is 0. The third-order valence-corrected chi connectivity index (χ3v) is 4.49. The monoisotopic (exact) mass is 341 g/mol. The molecule has 0 radical (unpaired) electrons. The molecule has 3 heterocycles. The van der Waals surface area contributed by atoms with Crippen molar-refractivity contribution < 1.29 is 9.53 Å². The molecule has 0 spiro atoms. The molecule has 0 N–H and O–H groups in total. The molecule has 0 saturated carbocycles. The summed E-state index contributed by atoms with van der Waals surface area (Å²) < 4.78 is 7.64. The van der Waals surface area contributed by atoms with Crippen LogP contribution in [0.5, 0.6) is 5.75 Å². The van der Waals surface area contributed by atoms with Crippen LogP contribution in [0.3, 0.4) is 0 Å². The van der Waals surface area contributed by atoms with Gasteiger partial charge in [-0.1, -0.05) is 26.7 Å². The highest BCUT2D eigenvalue weighted by Gasteiger charge is 2.32. The number of ether oxygens (including phenoxy) is 1. The van der Waals surface area contributed by atoms with Crippen molar-refractivity contribution in [1.82, 2.24) is 19.5 Å². The zero-order valence-electron chi connectivity index (χ0n) is 14.7. The number of carbonyl (C=O) groups excluding carboxylic acids is 1. The van der Waals surface area contributed by atoms with Gasteiger partial charge in [-0.25, -0.2) is 9.50 Å². The highest BCUT2D eigenvalue weighted by Crippen LogP contribution is 2.22. The van der Waals surface area contributed by atoms with Gasteiger partial charge in [0.05, 0.1) is 25.4 Å². The van der Waals surface area contributed by atoms with Crippen LogP contribution >= 0.6 is 0 Å². The molecule has 1 atom stereocenters. The van der Waals surface area contributed by atoms with E-state index in [1.165, 1.54) is 12.8 Å². The summed E-state index contributed by atoms with van der Waals surface area (Å²) in [4.78, 5) is 17.8. The van der Waals surface area contributed by atoms with Crippen molar-refractivity contribution in [3.8, 4) is 11.8 Å². The fraction of sp³-hybridized carbons (Fsp3) is 0.556. The Hall–Kier alpha value is -2.62. The summed E-state index contributed by atoms with van der Waals surface area (Å²) in [6, 6.07) is 5.65. The van der Waals surface area contributed by atoms with Crippen molar-refractivity contribution in [2.24, 2.45) is 0 Å². The molecule has 1 aliphatic heterocycles. The Bertz CT molecular complexity index is 788. The SMILES string of the molecule is CCCCC(C)c1nc2ccc(OC3CN(C(=O)CC#N)C3)cn2n1. The van der Waals surface area contributed by atoms with Gasteiger partial charge in [-0.05, 0) is 18.6 Å². The van der Waals surface area contributed by atoms with Crippen LogP contribution in [0.2, 0.25) is 0 Å². The number of amides is 1. The van der Waals surface area contributed by atoms with Gasteiger partial charge in [-0.3, -0.25) is 4.79 Å². The maximum atomic E-state index is 11.6. The van der Waals surface area contributed by atoms with E-state index >= 15 is 0 Å². The maximum absolute atomic E-state index is 11.6. The van der Waals surface area contributed by atoms with Crippen molar-refractivity contribution in [1.29, 1.82) is 5.26 Å². The number of nitriles is 1. The summed E-state index contributed by atoms with van der Waals surface area (Å²) in [6.45, 7) is 5.39. The molecule has 1 unspecified atom stereocenters. The maximum Gasteiger partial charge on any atom is 0.237 e. The molecule has 132 valence electrons. The van der Waals surface area contributed by atoms with Crippen molar-refractivity contribution in [3.05, 3.63) is 24.2 Å². The largest absolute Gasteiger partial charge is 0.485 e. The molecular formula is C18H23N5O2. The first kappa shape index (κ1) is 17.2. The Morgan fingerprint density at radius 3 is 3.00 bits per heavy atom. The van der Waals surface area contributed by atoms with Gasteiger partial charge in [-0.2, -0.15) is 10.4 Å². The van der Waals surface area contributed by atoms with E-state index in [1.807, 2.05) is 24.4 Å². The van der Waals surface area contributed by atoms with Gasteiger partial charge in [0.15, 0.2) is 11.5 Å². The lowest BCUT2D eigenvalue weighted by Gasteiger charge is -2.38. The van der Waals surface area contributed by atoms with Crippen LogP contribution < -0.4 is 4.74 Å². The van der Waals surface area contributed by atoms with Gasteiger partial charge in [0.1, 0.15) is 18.3 Å². The van der Waals surface area contributed by atoms with Crippen molar-refractivity contribution >= 4 is 11.6 Å². The summed E-state index contributed by atoms with van der Waals surface area (Å²) in [6.07, 6.45) is 5.16. The topological polar surface area (TPSA) is 83.5 Å². The van der Waals surface area contributed by atoms with Gasteiger partial charge in [0.2, 0.25) is 5.91 Å². The van der Waals surface area contributed by atoms with Crippen molar-refractivity contribution in [3.63, 3.8) is 0 Å². The van der Waals surface area contributed by atoms with E-state index in [0.717, 1.165) is 17.9 Å². The number of fused-ring (bicyclic) bond motifs is 1. The summed E-state index contributed by atoms with van der Waals surface area (Å²) in [5.74, 6) is 1.78. The molecule has 7 heteroatoms. The quantitative estimate of drug-likeness (QED) is 0.773. The second-order valence-electron chi connectivity index (χ2n) is 6.55. The molecule has 7 nitrogen and oxygen atoms in total. The fourth-order valence-electron chi connectivity index (χ4n) is 2.89. The third kappa shape index (κ3) is 3.90. The summed E-state index contributed by atoms with van der Waals surface area (Å²) in [7, 11) is 0. The number of aromatic nitrogens is 3. The zero-order chi connectivity index (χ0) is 17.8. The first-order valence-electron chi connectivity index (χ1n) is 8.78. The van der Waals surface area contributed by atoms with E-state index in [9.17, 15) is 4.79 Å². The molecule has 1 aliphatic rings. The van der Waals surface area contributed by atoms with Crippen molar-refractivity contribution in [2.75, 3.05) is 13.1 Å². The number of likely N-dealkylation sites (tertiary alicyclic amines) is 1. The highest BCUT2D eigenvalue weighted by molar-refractivity contribution is 5.79. The summed E-state index contributed by atoms with van der Waals surface area (Å²) in [5.41, 5.74) is 0.810. The van der Waals surface area contributed by atoms with Gasteiger partial charge in [0, 0.05) is 5.92 Å². The van der Waals surface area contributed by atoms with E-state index in [2.05, 4.69) is 23.9 Å². The first-order valence-corrected chi connectivity index (χ1v) is 8.78. The molecule has 0 aromatic carbocycles. The number of hydrogen-bond acceptors (Lipinski definition) is 5. The Labute approximate surface area is 147 Å². The lowest BCUT2D eigenvalue weighted by molar-refractivity contribution is -0.138. The second kappa shape index (κ2) is 7.51. The molecule has 0 aliphatic carbocycles. The first-order chi connectivity index (χ1) is 12.1. The average Bonchev–Trinajstić information content (AvgIpc) is 2.99. The Morgan fingerprint density at radius 1 is 1.48 bits per heavy atom. The van der Waals surface area contributed by atoms with E-state index < -0.39 is 0 Å². The molecule has 3 rings (SSSR count). The number of carbonyl (C=O) groups is 1. The van der Waals surface area contributed by atoms with Crippen LogP contribution in [-0.2, 0) is 4.79 Å². The van der Waals surface area contributed by atoms with Crippen LogP contribution in [0.4, 0.5) is 0 Å². The Kier molecular flexibility index (Phi) is 5.17. The lowest BCUT2D eigenvalue weighted by Crippen LogP contribution is -2.56. The second-order valence-corrected chi connectivity index (χ2v) is 6.55. The molecular weight excluding hydrogens is 318 g/mol. The van der Waals surface area contributed by atoms with Crippen LogP contribution in [0, 0.1) is 11.3 Å². The van der Waals surface area contributed by atoms with Crippen LogP contribution in [0.25, 0.3) is 5.65 Å².